The SMILES string of the molecule is COC(=O)[C@H](COC[C@H](C(=O)OC)N1C(=O)c2ccccc2C1=O)NC(=O)CC[C@@H](N)C(=O)OCc1ccccc1. The molecule has 41 heavy (non-hydrogen) atoms. The van der Waals surface area contributed by atoms with E-state index in [0.29, 0.717) is 0 Å². The molecule has 1 aliphatic rings. The van der Waals surface area contributed by atoms with E-state index in [4.69, 9.17) is 24.7 Å². The van der Waals surface area contributed by atoms with Gasteiger partial charge in [-0.15, -0.1) is 0 Å². The van der Waals surface area contributed by atoms with Crippen LogP contribution in [0.4, 0.5) is 0 Å². The first-order chi connectivity index (χ1) is 19.7. The summed E-state index contributed by atoms with van der Waals surface area (Å²) in [4.78, 5) is 75.8. The van der Waals surface area contributed by atoms with Gasteiger partial charge < -0.3 is 30.0 Å². The summed E-state index contributed by atoms with van der Waals surface area (Å²) in [5.41, 5.74) is 6.89. The van der Waals surface area contributed by atoms with Crippen molar-refractivity contribution in [1.29, 1.82) is 0 Å². The number of hydrogen-bond donors (Lipinski definition) is 2. The van der Waals surface area contributed by atoms with Gasteiger partial charge >= 0.3 is 17.9 Å². The molecule has 2 aromatic rings. The van der Waals surface area contributed by atoms with Gasteiger partial charge in [-0.05, 0) is 24.1 Å². The Morgan fingerprint density at radius 1 is 0.829 bits per heavy atom. The molecule has 0 radical (unpaired) electrons. The number of amides is 3. The van der Waals surface area contributed by atoms with Gasteiger partial charge in [-0.2, -0.15) is 0 Å². The zero-order chi connectivity index (χ0) is 29.9. The molecule has 0 fully saturated rings. The molecular weight excluding hydrogens is 538 g/mol. The number of imide groups is 1. The smallest absolute Gasteiger partial charge is 0.331 e. The van der Waals surface area contributed by atoms with E-state index < -0.39 is 67.0 Å². The molecule has 0 saturated carbocycles. The van der Waals surface area contributed by atoms with Crippen molar-refractivity contribution < 1.29 is 47.7 Å². The normalized spacial score (nSPS) is 14.5. The van der Waals surface area contributed by atoms with Crippen LogP contribution in [0.3, 0.4) is 0 Å². The van der Waals surface area contributed by atoms with Gasteiger partial charge in [-0.25, -0.2) is 9.59 Å². The van der Waals surface area contributed by atoms with Gasteiger partial charge in [0.05, 0.1) is 38.6 Å². The van der Waals surface area contributed by atoms with Crippen molar-refractivity contribution in [3.8, 4) is 0 Å². The average molecular weight is 570 g/mol. The standard InChI is InChI=1S/C28H31N3O10/c1-38-27(36)21(30-23(32)13-12-20(29)26(35)41-14-17-8-4-3-5-9-17)15-40-16-22(28(37)39-2)31-24(33)18-10-6-7-11-19(18)25(31)34/h3-11,20-22H,12-16,29H2,1-2H3,(H,30,32)/t20-,21+,22-/m1/s1. The Bertz CT molecular complexity index is 1250. The maximum atomic E-state index is 12.8. The van der Waals surface area contributed by atoms with Gasteiger partial charge in [-0.3, -0.25) is 24.1 Å². The maximum absolute atomic E-state index is 12.8. The van der Waals surface area contributed by atoms with Gasteiger partial charge in [-0.1, -0.05) is 42.5 Å². The summed E-state index contributed by atoms with van der Waals surface area (Å²) >= 11 is 0. The first kappa shape index (κ1) is 30.9. The Morgan fingerprint density at radius 3 is 2.00 bits per heavy atom. The second-order valence-electron chi connectivity index (χ2n) is 8.98. The highest BCUT2D eigenvalue weighted by molar-refractivity contribution is 6.22. The van der Waals surface area contributed by atoms with E-state index in [-0.39, 0.29) is 30.6 Å². The number of nitrogens with two attached hydrogens (primary N) is 1. The summed E-state index contributed by atoms with van der Waals surface area (Å²) in [6, 6.07) is 11.3. The zero-order valence-corrected chi connectivity index (χ0v) is 22.6. The summed E-state index contributed by atoms with van der Waals surface area (Å²) in [5, 5.41) is 2.43. The van der Waals surface area contributed by atoms with Gasteiger partial charge in [0.2, 0.25) is 5.91 Å². The summed E-state index contributed by atoms with van der Waals surface area (Å²) in [5.74, 6) is -4.45. The predicted molar refractivity (Wildman–Crippen MR) is 141 cm³/mol. The Labute approximate surface area is 235 Å². The highest BCUT2D eigenvalue weighted by Crippen LogP contribution is 2.25. The molecule has 3 amide bonds. The van der Waals surface area contributed by atoms with Gasteiger partial charge in [0.15, 0.2) is 12.1 Å². The number of nitrogens with zero attached hydrogens (tertiary/aromatic N) is 1. The topological polar surface area (TPSA) is 181 Å². The average Bonchev–Trinajstić information content (AvgIpc) is 3.25. The Hall–Kier alpha value is -4.62. The van der Waals surface area contributed by atoms with Crippen LogP contribution in [-0.4, -0.2) is 86.1 Å². The molecule has 1 aliphatic heterocycles. The van der Waals surface area contributed by atoms with E-state index in [9.17, 15) is 28.8 Å². The van der Waals surface area contributed by atoms with Gasteiger partial charge in [0.25, 0.3) is 11.8 Å². The number of hydrogen-bond acceptors (Lipinski definition) is 11. The lowest BCUT2D eigenvalue weighted by molar-refractivity contribution is -0.150. The van der Waals surface area contributed by atoms with Crippen LogP contribution in [0.15, 0.2) is 54.6 Å². The number of ether oxygens (including phenoxy) is 4. The van der Waals surface area contributed by atoms with Crippen molar-refractivity contribution in [3.05, 3.63) is 71.3 Å². The third-order valence-corrected chi connectivity index (χ3v) is 6.20. The van der Waals surface area contributed by atoms with Gasteiger partial charge in [0, 0.05) is 6.42 Å². The predicted octanol–water partition coefficient (Wildman–Crippen LogP) is 0.350. The largest absolute Gasteiger partial charge is 0.467 e. The lowest BCUT2D eigenvalue weighted by atomic mass is 10.1. The minimum Gasteiger partial charge on any atom is -0.467 e. The van der Waals surface area contributed by atoms with Crippen LogP contribution in [-0.2, 0) is 44.7 Å². The molecule has 0 bridgehead atoms. The van der Waals surface area contributed by atoms with Gasteiger partial charge in [0.1, 0.15) is 12.6 Å². The molecule has 13 heteroatoms. The molecule has 2 aromatic carbocycles. The first-order valence-electron chi connectivity index (χ1n) is 12.6. The molecule has 3 rings (SSSR count). The minimum atomic E-state index is -1.44. The molecule has 0 saturated heterocycles. The lowest BCUT2D eigenvalue weighted by Gasteiger charge is -2.25. The van der Waals surface area contributed by atoms with E-state index >= 15 is 0 Å². The fraction of sp³-hybridized carbons (Fsp3) is 0.357. The highest BCUT2D eigenvalue weighted by atomic mass is 16.5. The van der Waals surface area contributed by atoms with Crippen LogP contribution in [0.5, 0.6) is 0 Å². The Morgan fingerprint density at radius 2 is 1.41 bits per heavy atom. The van der Waals surface area contributed by atoms with Crippen LogP contribution in [0.1, 0.15) is 39.1 Å². The molecule has 3 N–H and O–H groups in total. The third kappa shape index (κ3) is 7.96. The zero-order valence-electron chi connectivity index (χ0n) is 22.6. The summed E-state index contributed by atoms with van der Waals surface area (Å²) in [6.07, 6.45) is -0.271. The maximum Gasteiger partial charge on any atom is 0.331 e. The number of rotatable bonds is 14. The second-order valence-corrected chi connectivity index (χ2v) is 8.98. The molecule has 0 aromatic heterocycles. The van der Waals surface area contributed by atoms with Crippen molar-refractivity contribution in [3.63, 3.8) is 0 Å². The van der Waals surface area contributed by atoms with Crippen molar-refractivity contribution in [2.24, 2.45) is 5.73 Å². The molecule has 0 aliphatic carbocycles. The summed E-state index contributed by atoms with van der Waals surface area (Å²) in [6.45, 7) is -0.936. The number of carbonyl (C=O) groups excluding carboxylic acids is 6. The Balaban J connectivity index is 1.53. The van der Waals surface area contributed by atoms with E-state index in [1.807, 2.05) is 6.07 Å². The third-order valence-electron chi connectivity index (χ3n) is 6.20. The first-order valence-corrected chi connectivity index (χ1v) is 12.6. The molecule has 0 spiro atoms. The van der Waals surface area contributed by atoms with E-state index in [1.165, 1.54) is 12.1 Å². The highest BCUT2D eigenvalue weighted by Gasteiger charge is 2.43. The molecule has 0 unspecified atom stereocenters. The number of methoxy groups -OCH3 is 2. The van der Waals surface area contributed by atoms with Crippen LogP contribution in [0.2, 0.25) is 0 Å². The minimum absolute atomic E-state index is 0.0363. The van der Waals surface area contributed by atoms with Crippen molar-refractivity contribution >= 4 is 35.6 Å². The lowest BCUT2D eigenvalue weighted by Crippen LogP contribution is -2.50. The fourth-order valence-corrected chi connectivity index (χ4v) is 3.99. The summed E-state index contributed by atoms with van der Waals surface area (Å²) in [7, 11) is 2.20. The number of benzene rings is 2. The van der Waals surface area contributed by atoms with Crippen LogP contribution >= 0.6 is 0 Å². The van der Waals surface area contributed by atoms with E-state index in [0.717, 1.165) is 24.7 Å². The quantitative estimate of drug-likeness (QED) is 0.182. The fourth-order valence-electron chi connectivity index (χ4n) is 3.99. The molecular formula is C28H31N3O10. The molecule has 13 nitrogen and oxygen atoms in total. The number of nitrogens with one attached hydrogen (secondary N) is 1. The van der Waals surface area contributed by atoms with E-state index in [2.05, 4.69) is 5.32 Å². The molecule has 3 atom stereocenters. The monoisotopic (exact) mass is 569 g/mol. The second kappa shape index (κ2) is 14.7. The van der Waals surface area contributed by atoms with Crippen molar-refractivity contribution in [2.75, 3.05) is 27.4 Å². The number of esters is 3. The van der Waals surface area contributed by atoms with E-state index in [1.54, 1.807) is 36.4 Å². The van der Waals surface area contributed by atoms with Crippen molar-refractivity contribution in [2.45, 2.75) is 37.6 Å². The van der Waals surface area contributed by atoms with Crippen LogP contribution < -0.4 is 11.1 Å². The number of carbonyl (C=O) groups is 6. The van der Waals surface area contributed by atoms with Crippen LogP contribution in [0, 0.1) is 0 Å². The summed E-state index contributed by atoms with van der Waals surface area (Å²) < 4.78 is 20.1. The molecule has 218 valence electrons. The Kier molecular flexibility index (Phi) is 11.1. The van der Waals surface area contributed by atoms with Crippen molar-refractivity contribution in [1.82, 2.24) is 10.2 Å². The molecule has 1 heterocycles. The number of fused-ring (bicyclic) bond motifs is 1. The van der Waals surface area contributed by atoms with Crippen LogP contribution in [0.25, 0.3) is 0 Å².